The van der Waals surface area contributed by atoms with E-state index in [2.05, 4.69) is 10.6 Å². The van der Waals surface area contributed by atoms with Gasteiger partial charge in [-0.15, -0.1) is 0 Å². The minimum Gasteiger partial charge on any atom is -0.352 e. The molecule has 0 saturated heterocycles. The van der Waals surface area contributed by atoms with Crippen LogP contribution in [0.15, 0.2) is 48.5 Å². The SMILES string of the molecule is CC(C)CNC(=O)c1cccc(NC(=O)c2ccc(CN)cc2)c1. The first-order valence-corrected chi connectivity index (χ1v) is 7.98. The molecule has 24 heavy (non-hydrogen) atoms. The first-order valence-electron chi connectivity index (χ1n) is 7.98. The van der Waals surface area contributed by atoms with E-state index in [-0.39, 0.29) is 11.8 Å². The second-order valence-corrected chi connectivity index (χ2v) is 6.04. The second-order valence-electron chi connectivity index (χ2n) is 6.04. The number of nitrogens with two attached hydrogens (primary N) is 1. The van der Waals surface area contributed by atoms with E-state index in [0.717, 1.165) is 5.56 Å². The van der Waals surface area contributed by atoms with Crippen LogP contribution in [-0.4, -0.2) is 18.4 Å². The number of benzene rings is 2. The normalized spacial score (nSPS) is 10.5. The number of carbonyl (C=O) groups excluding carboxylic acids is 2. The van der Waals surface area contributed by atoms with Gasteiger partial charge in [0.25, 0.3) is 11.8 Å². The van der Waals surface area contributed by atoms with Crippen molar-refractivity contribution in [3.8, 4) is 0 Å². The lowest BCUT2D eigenvalue weighted by Gasteiger charge is -2.10. The molecule has 0 unspecified atom stereocenters. The maximum absolute atomic E-state index is 12.3. The zero-order chi connectivity index (χ0) is 17.5. The Kier molecular flexibility index (Phi) is 6.09. The van der Waals surface area contributed by atoms with Gasteiger partial charge in [-0.1, -0.05) is 32.0 Å². The van der Waals surface area contributed by atoms with Crippen molar-refractivity contribution in [3.05, 3.63) is 65.2 Å². The molecule has 5 nitrogen and oxygen atoms in total. The van der Waals surface area contributed by atoms with E-state index in [4.69, 9.17) is 5.73 Å². The van der Waals surface area contributed by atoms with Gasteiger partial charge >= 0.3 is 0 Å². The first kappa shape index (κ1) is 17.7. The number of hydrogen-bond acceptors (Lipinski definition) is 3. The summed E-state index contributed by atoms with van der Waals surface area (Å²) in [6, 6.07) is 14.0. The average Bonchev–Trinajstić information content (AvgIpc) is 2.59. The smallest absolute Gasteiger partial charge is 0.255 e. The van der Waals surface area contributed by atoms with Gasteiger partial charge in [-0.25, -0.2) is 0 Å². The molecule has 0 bridgehead atoms. The number of hydrogen-bond donors (Lipinski definition) is 3. The van der Waals surface area contributed by atoms with Crippen LogP contribution in [0.4, 0.5) is 5.69 Å². The van der Waals surface area contributed by atoms with Crippen molar-refractivity contribution in [2.45, 2.75) is 20.4 Å². The molecule has 0 radical (unpaired) electrons. The Morgan fingerprint density at radius 2 is 1.71 bits per heavy atom. The summed E-state index contributed by atoms with van der Waals surface area (Å²) in [6.45, 7) is 5.12. The van der Waals surface area contributed by atoms with Crippen molar-refractivity contribution in [2.24, 2.45) is 11.7 Å². The first-order chi connectivity index (χ1) is 11.5. The van der Waals surface area contributed by atoms with Crippen LogP contribution in [-0.2, 0) is 6.54 Å². The second kappa shape index (κ2) is 8.26. The lowest BCUT2D eigenvalue weighted by Crippen LogP contribution is -2.27. The summed E-state index contributed by atoms with van der Waals surface area (Å²) >= 11 is 0. The highest BCUT2D eigenvalue weighted by Crippen LogP contribution is 2.13. The average molecular weight is 325 g/mol. The molecule has 0 saturated carbocycles. The standard InChI is InChI=1S/C19H23N3O2/c1-13(2)12-21-18(23)16-4-3-5-17(10-16)22-19(24)15-8-6-14(11-20)7-9-15/h3-10,13H,11-12,20H2,1-2H3,(H,21,23)(H,22,24). The molecule has 0 aliphatic carbocycles. The third-order valence-electron chi connectivity index (χ3n) is 3.51. The summed E-state index contributed by atoms with van der Waals surface area (Å²) in [5.41, 5.74) is 8.16. The zero-order valence-electron chi connectivity index (χ0n) is 14.0. The van der Waals surface area contributed by atoms with Gasteiger partial charge < -0.3 is 16.4 Å². The van der Waals surface area contributed by atoms with E-state index in [1.54, 1.807) is 36.4 Å². The topological polar surface area (TPSA) is 84.2 Å². The number of rotatable bonds is 6. The van der Waals surface area contributed by atoms with Gasteiger partial charge in [-0.2, -0.15) is 0 Å². The molecule has 0 aliphatic heterocycles. The van der Waals surface area contributed by atoms with Gasteiger partial charge in [0.05, 0.1) is 0 Å². The third kappa shape index (κ3) is 4.93. The van der Waals surface area contributed by atoms with Crippen LogP contribution >= 0.6 is 0 Å². The van der Waals surface area contributed by atoms with Gasteiger partial charge in [0.15, 0.2) is 0 Å². The van der Waals surface area contributed by atoms with Crippen LogP contribution in [0.2, 0.25) is 0 Å². The maximum atomic E-state index is 12.3. The Morgan fingerprint density at radius 1 is 1.00 bits per heavy atom. The lowest BCUT2D eigenvalue weighted by atomic mass is 10.1. The van der Waals surface area contributed by atoms with Crippen LogP contribution in [0.5, 0.6) is 0 Å². The molecular weight excluding hydrogens is 302 g/mol. The molecule has 2 aromatic rings. The molecule has 0 aromatic heterocycles. The van der Waals surface area contributed by atoms with Crippen LogP contribution in [0.3, 0.4) is 0 Å². The van der Waals surface area contributed by atoms with Gasteiger partial charge in [0.1, 0.15) is 0 Å². The highest BCUT2D eigenvalue weighted by molar-refractivity contribution is 6.05. The Hall–Kier alpha value is -2.66. The fraction of sp³-hybridized carbons (Fsp3) is 0.263. The maximum Gasteiger partial charge on any atom is 0.255 e. The quantitative estimate of drug-likeness (QED) is 0.763. The molecule has 2 aromatic carbocycles. The summed E-state index contributed by atoms with van der Waals surface area (Å²) in [5, 5.41) is 5.67. The van der Waals surface area contributed by atoms with Crippen molar-refractivity contribution in [1.29, 1.82) is 0 Å². The van der Waals surface area contributed by atoms with Crippen LogP contribution in [0.25, 0.3) is 0 Å². The highest BCUT2D eigenvalue weighted by atomic mass is 16.2. The van der Waals surface area contributed by atoms with Gasteiger partial charge in [0.2, 0.25) is 0 Å². The Balaban J connectivity index is 2.05. The molecule has 2 rings (SSSR count). The number of nitrogens with one attached hydrogen (secondary N) is 2. The number of anilines is 1. The number of amides is 2. The summed E-state index contributed by atoms with van der Waals surface area (Å²) in [5.74, 6) is 0.0127. The van der Waals surface area contributed by atoms with Gasteiger partial charge in [-0.3, -0.25) is 9.59 Å². The fourth-order valence-electron chi connectivity index (χ4n) is 2.13. The van der Waals surface area contributed by atoms with Gasteiger partial charge in [0, 0.05) is 29.9 Å². The van der Waals surface area contributed by atoms with Crippen molar-refractivity contribution in [2.75, 3.05) is 11.9 Å². The predicted octanol–water partition coefficient (Wildman–Crippen LogP) is 2.78. The largest absolute Gasteiger partial charge is 0.352 e. The lowest BCUT2D eigenvalue weighted by molar-refractivity contribution is 0.0947. The van der Waals surface area contributed by atoms with Crippen molar-refractivity contribution < 1.29 is 9.59 Å². The monoisotopic (exact) mass is 325 g/mol. The molecular formula is C19H23N3O2. The molecule has 4 N–H and O–H groups in total. The van der Waals surface area contributed by atoms with Crippen molar-refractivity contribution in [3.63, 3.8) is 0 Å². The molecule has 0 heterocycles. The molecule has 0 spiro atoms. The predicted molar refractivity (Wildman–Crippen MR) is 95.9 cm³/mol. The van der Waals surface area contributed by atoms with Crippen molar-refractivity contribution >= 4 is 17.5 Å². The van der Waals surface area contributed by atoms with Crippen LogP contribution in [0.1, 0.15) is 40.1 Å². The Bertz CT molecular complexity index is 709. The van der Waals surface area contributed by atoms with E-state index < -0.39 is 0 Å². The summed E-state index contributed by atoms with van der Waals surface area (Å²) < 4.78 is 0. The summed E-state index contributed by atoms with van der Waals surface area (Å²) in [6.07, 6.45) is 0. The minimum atomic E-state index is -0.224. The summed E-state index contributed by atoms with van der Waals surface area (Å²) in [4.78, 5) is 24.4. The van der Waals surface area contributed by atoms with E-state index >= 15 is 0 Å². The van der Waals surface area contributed by atoms with Crippen molar-refractivity contribution in [1.82, 2.24) is 5.32 Å². The van der Waals surface area contributed by atoms with Crippen LogP contribution in [0, 0.1) is 5.92 Å². The Labute approximate surface area is 142 Å². The zero-order valence-corrected chi connectivity index (χ0v) is 14.0. The van der Waals surface area contributed by atoms with E-state index in [1.807, 2.05) is 26.0 Å². The van der Waals surface area contributed by atoms with Gasteiger partial charge in [-0.05, 0) is 41.8 Å². The van der Waals surface area contributed by atoms with E-state index in [1.165, 1.54) is 0 Å². The fourth-order valence-corrected chi connectivity index (χ4v) is 2.13. The molecule has 2 amide bonds. The molecule has 5 heteroatoms. The summed E-state index contributed by atoms with van der Waals surface area (Å²) in [7, 11) is 0. The third-order valence-corrected chi connectivity index (χ3v) is 3.51. The van der Waals surface area contributed by atoms with E-state index in [9.17, 15) is 9.59 Å². The Morgan fingerprint density at radius 3 is 2.33 bits per heavy atom. The van der Waals surface area contributed by atoms with Crippen LogP contribution < -0.4 is 16.4 Å². The highest BCUT2D eigenvalue weighted by Gasteiger charge is 2.09. The molecule has 0 atom stereocenters. The molecule has 0 fully saturated rings. The molecule has 0 aliphatic rings. The minimum absolute atomic E-state index is 0.146. The number of carbonyl (C=O) groups is 2. The van der Waals surface area contributed by atoms with E-state index in [0.29, 0.717) is 35.8 Å². The molecule has 126 valence electrons.